The van der Waals surface area contributed by atoms with Crippen LogP contribution in [-0.4, -0.2) is 24.7 Å². The predicted molar refractivity (Wildman–Crippen MR) is 101 cm³/mol. The lowest BCUT2D eigenvalue weighted by atomic mass is 10.1. The standard InChI is InChI=1S/C20H19FN6/c1-12(13-4-6-15(21)7-5-13)23-18-9-8-16-20(24-18)27(11-22-16)19-10-17(25-26-19)14-2-3-14/h4-12,14H,2-3H2,1H3,(H,23,24)(H,25,26)/t12-/m0/s1. The van der Waals surface area contributed by atoms with Gasteiger partial charge in [0.25, 0.3) is 0 Å². The van der Waals surface area contributed by atoms with Crippen molar-refractivity contribution in [1.82, 2.24) is 24.7 Å². The van der Waals surface area contributed by atoms with Crippen LogP contribution < -0.4 is 5.32 Å². The summed E-state index contributed by atoms with van der Waals surface area (Å²) in [5, 5.41) is 10.9. The van der Waals surface area contributed by atoms with Crippen LogP contribution in [0.1, 0.15) is 43.0 Å². The number of hydrogen-bond acceptors (Lipinski definition) is 4. The van der Waals surface area contributed by atoms with Gasteiger partial charge in [-0.3, -0.25) is 9.67 Å². The molecule has 0 unspecified atom stereocenters. The molecule has 1 saturated carbocycles. The summed E-state index contributed by atoms with van der Waals surface area (Å²) < 4.78 is 15.0. The van der Waals surface area contributed by atoms with Crippen LogP contribution >= 0.6 is 0 Å². The number of anilines is 1. The fourth-order valence-corrected chi connectivity index (χ4v) is 3.25. The molecule has 0 amide bonds. The fraction of sp³-hybridized carbons (Fsp3) is 0.250. The van der Waals surface area contributed by atoms with Crippen molar-refractivity contribution in [2.24, 2.45) is 0 Å². The number of pyridine rings is 1. The van der Waals surface area contributed by atoms with Crippen LogP contribution in [0.3, 0.4) is 0 Å². The number of nitrogens with one attached hydrogen (secondary N) is 2. The van der Waals surface area contributed by atoms with Crippen LogP contribution in [0.15, 0.2) is 48.8 Å². The molecule has 0 spiro atoms. The second-order valence-electron chi connectivity index (χ2n) is 7.03. The first-order valence-corrected chi connectivity index (χ1v) is 9.09. The Bertz CT molecular complexity index is 1090. The van der Waals surface area contributed by atoms with E-state index in [0.29, 0.717) is 5.92 Å². The number of hydrogen-bond donors (Lipinski definition) is 2. The molecule has 6 nitrogen and oxygen atoms in total. The van der Waals surface area contributed by atoms with Gasteiger partial charge in [0.15, 0.2) is 11.5 Å². The Balaban J connectivity index is 1.44. The van der Waals surface area contributed by atoms with E-state index >= 15 is 0 Å². The Labute approximate surface area is 155 Å². The third-order valence-electron chi connectivity index (χ3n) is 4.98. The first-order chi connectivity index (χ1) is 13.2. The van der Waals surface area contributed by atoms with E-state index in [4.69, 9.17) is 4.98 Å². The summed E-state index contributed by atoms with van der Waals surface area (Å²) in [7, 11) is 0. The van der Waals surface area contributed by atoms with Gasteiger partial charge >= 0.3 is 0 Å². The average molecular weight is 362 g/mol. The van der Waals surface area contributed by atoms with Gasteiger partial charge in [-0.1, -0.05) is 12.1 Å². The van der Waals surface area contributed by atoms with E-state index in [1.165, 1.54) is 30.7 Å². The Morgan fingerprint density at radius 2 is 2.00 bits per heavy atom. The molecule has 1 atom stereocenters. The molecule has 1 fully saturated rings. The molecular formula is C20H19FN6. The highest BCUT2D eigenvalue weighted by atomic mass is 19.1. The first kappa shape index (κ1) is 16.0. The SMILES string of the molecule is C[C@H](Nc1ccc2ncn(-c3cc(C4CC4)[nH]n3)c2n1)c1ccc(F)cc1. The number of H-pyrrole nitrogens is 1. The molecule has 136 valence electrons. The molecule has 4 aromatic rings. The lowest BCUT2D eigenvalue weighted by Crippen LogP contribution is -2.08. The van der Waals surface area contributed by atoms with Crippen LogP contribution in [0.4, 0.5) is 10.2 Å². The minimum atomic E-state index is -0.237. The fourth-order valence-electron chi connectivity index (χ4n) is 3.25. The van der Waals surface area contributed by atoms with Crippen molar-refractivity contribution in [2.45, 2.75) is 31.7 Å². The quantitative estimate of drug-likeness (QED) is 0.554. The average Bonchev–Trinajstić information content (AvgIpc) is 3.26. The highest BCUT2D eigenvalue weighted by Gasteiger charge is 2.26. The van der Waals surface area contributed by atoms with E-state index < -0.39 is 0 Å². The molecule has 5 rings (SSSR count). The van der Waals surface area contributed by atoms with Crippen molar-refractivity contribution in [1.29, 1.82) is 0 Å². The second kappa shape index (κ2) is 6.19. The lowest BCUT2D eigenvalue weighted by Gasteiger charge is -2.15. The molecule has 0 saturated heterocycles. The largest absolute Gasteiger partial charge is 0.363 e. The van der Waals surface area contributed by atoms with Gasteiger partial charge in [-0.25, -0.2) is 14.4 Å². The normalized spacial score (nSPS) is 15.2. The zero-order valence-electron chi connectivity index (χ0n) is 14.9. The van der Waals surface area contributed by atoms with Gasteiger partial charge in [-0.2, -0.15) is 5.10 Å². The number of rotatable bonds is 5. The van der Waals surface area contributed by atoms with E-state index in [1.807, 2.05) is 23.6 Å². The number of aromatic nitrogens is 5. The molecule has 7 heteroatoms. The van der Waals surface area contributed by atoms with Crippen LogP contribution in [0, 0.1) is 5.82 Å². The Hall–Kier alpha value is -3.22. The topological polar surface area (TPSA) is 71.4 Å². The Kier molecular flexibility index (Phi) is 3.67. The zero-order chi connectivity index (χ0) is 18.4. The highest BCUT2D eigenvalue weighted by Crippen LogP contribution is 2.39. The van der Waals surface area contributed by atoms with Crippen molar-refractivity contribution < 1.29 is 4.39 Å². The smallest absolute Gasteiger partial charge is 0.168 e. The van der Waals surface area contributed by atoms with E-state index in [2.05, 4.69) is 26.6 Å². The third-order valence-corrected chi connectivity index (χ3v) is 4.98. The maximum atomic E-state index is 13.1. The summed E-state index contributed by atoms with van der Waals surface area (Å²) in [5.74, 6) is 1.91. The summed E-state index contributed by atoms with van der Waals surface area (Å²) in [6.45, 7) is 2.02. The first-order valence-electron chi connectivity index (χ1n) is 9.09. The summed E-state index contributed by atoms with van der Waals surface area (Å²) in [4.78, 5) is 9.16. The molecule has 0 bridgehead atoms. The van der Waals surface area contributed by atoms with Crippen molar-refractivity contribution in [3.63, 3.8) is 0 Å². The van der Waals surface area contributed by atoms with Gasteiger partial charge in [0, 0.05) is 23.7 Å². The van der Waals surface area contributed by atoms with Gasteiger partial charge in [0.05, 0.1) is 0 Å². The summed E-state index contributed by atoms with van der Waals surface area (Å²) >= 11 is 0. The maximum absolute atomic E-state index is 13.1. The highest BCUT2D eigenvalue weighted by molar-refractivity contribution is 5.74. The van der Waals surface area contributed by atoms with Crippen LogP contribution in [0.5, 0.6) is 0 Å². The molecule has 1 aliphatic carbocycles. The molecule has 2 N–H and O–H groups in total. The lowest BCUT2D eigenvalue weighted by molar-refractivity contribution is 0.626. The molecule has 3 heterocycles. The minimum absolute atomic E-state index is 0.00113. The summed E-state index contributed by atoms with van der Waals surface area (Å²) in [5.41, 5.74) is 3.73. The number of nitrogens with zero attached hydrogens (tertiary/aromatic N) is 4. The maximum Gasteiger partial charge on any atom is 0.168 e. The van der Waals surface area contributed by atoms with Gasteiger partial charge in [0.2, 0.25) is 0 Å². The molecule has 27 heavy (non-hydrogen) atoms. The van der Waals surface area contributed by atoms with E-state index in [9.17, 15) is 4.39 Å². The van der Waals surface area contributed by atoms with Gasteiger partial charge in [-0.05, 0) is 49.6 Å². The molecule has 1 aliphatic rings. The van der Waals surface area contributed by atoms with Gasteiger partial charge in [-0.15, -0.1) is 0 Å². The van der Waals surface area contributed by atoms with Crippen molar-refractivity contribution in [2.75, 3.05) is 5.32 Å². The number of imidazole rings is 1. The van der Waals surface area contributed by atoms with Gasteiger partial charge < -0.3 is 5.32 Å². The van der Waals surface area contributed by atoms with Crippen LogP contribution in [0.25, 0.3) is 17.0 Å². The second-order valence-corrected chi connectivity index (χ2v) is 7.03. The number of fused-ring (bicyclic) bond motifs is 1. The monoisotopic (exact) mass is 362 g/mol. The summed E-state index contributed by atoms with van der Waals surface area (Å²) in [6.07, 6.45) is 4.19. The molecule has 0 aliphatic heterocycles. The van der Waals surface area contributed by atoms with E-state index in [-0.39, 0.29) is 11.9 Å². The van der Waals surface area contributed by atoms with E-state index in [0.717, 1.165) is 28.4 Å². The molecule has 3 aromatic heterocycles. The van der Waals surface area contributed by atoms with Crippen molar-refractivity contribution in [3.8, 4) is 5.82 Å². The molecule has 1 aromatic carbocycles. The van der Waals surface area contributed by atoms with Crippen molar-refractivity contribution >= 4 is 17.0 Å². The number of benzene rings is 1. The Morgan fingerprint density at radius 1 is 1.19 bits per heavy atom. The number of halogens is 1. The minimum Gasteiger partial charge on any atom is -0.363 e. The molecular weight excluding hydrogens is 343 g/mol. The zero-order valence-corrected chi connectivity index (χ0v) is 14.9. The summed E-state index contributed by atoms with van der Waals surface area (Å²) in [6, 6.07) is 12.4. The third kappa shape index (κ3) is 3.05. The van der Waals surface area contributed by atoms with E-state index in [1.54, 1.807) is 18.5 Å². The number of aromatic amines is 1. The van der Waals surface area contributed by atoms with Crippen LogP contribution in [-0.2, 0) is 0 Å². The van der Waals surface area contributed by atoms with Crippen molar-refractivity contribution in [3.05, 3.63) is 65.9 Å². The predicted octanol–water partition coefficient (Wildman–Crippen LogP) is 4.33. The van der Waals surface area contributed by atoms with Gasteiger partial charge in [0.1, 0.15) is 23.5 Å². The Morgan fingerprint density at radius 3 is 2.78 bits per heavy atom. The van der Waals surface area contributed by atoms with Crippen LogP contribution in [0.2, 0.25) is 0 Å². The molecule has 0 radical (unpaired) electrons.